The van der Waals surface area contributed by atoms with Crippen molar-refractivity contribution in [3.05, 3.63) is 24.3 Å². The van der Waals surface area contributed by atoms with Crippen molar-refractivity contribution >= 4 is 15.5 Å². The number of halogens is 2. The molecular weight excluding hydrogens is 286 g/mol. The third-order valence-corrected chi connectivity index (χ3v) is 5.11. The van der Waals surface area contributed by atoms with Gasteiger partial charge in [-0.05, 0) is 32.5 Å². The Balaban J connectivity index is 2.26. The van der Waals surface area contributed by atoms with Crippen LogP contribution in [-0.2, 0) is 9.84 Å². The minimum atomic E-state index is -4.59. The molecule has 2 unspecified atom stereocenters. The number of nitrogens with one attached hydrogen (secondary N) is 1. The van der Waals surface area contributed by atoms with Crippen molar-refractivity contribution < 1.29 is 17.2 Å². The summed E-state index contributed by atoms with van der Waals surface area (Å²) in [6.07, 6.45) is 0.847. The van der Waals surface area contributed by atoms with Gasteiger partial charge in [-0.15, -0.1) is 0 Å². The molecule has 0 radical (unpaired) electrons. The first-order valence-corrected chi connectivity index (χ1v) is 7.95. The Bertz CT molecular complexity index is 567. The fourth-order valence-corrected chi connectivity index (χ4v) is 3.34. The molecule has 1 aliphatic rings. The van der Waals surface area contributed by atoms with Gasteiger partial charge in [0.1, 0.15) is 0 Å². The molecule has 20 heavy (non-hydrogen) atoms. The number of hydrogen-bond acceptors (Lipinski definition) is 4. The Labute approximate surface area is 117 Å². The molecule has 0 aliphatic carbocycles. The lowest BCUT2D eigenvalue weighted by Gasteiger charge is -2.17. The van der Waals surface area contributed by atoms with Gasteiger partial charge >= 0.3 is 5.76 Å². The fourth-order valence-electron chi connectivity index (χ4n) is 2.45. The van der Waals surface area contributed by atoms with E-state index in [-0.39, 0.29) is 16.6 Å². The van der Waals surface area contributed by atoms with Crippen LogP contribution in [0.3, 0.4) is 0 Å². The molecule has 0 saturated carbocycles. The van der Waals surface area contributed by atoms with Crippen molar-refractivity contribution in [1.29, 1.82) is 0 Å². The Hall–Kier alpha value is -1.21. The second-order valence-corrected chi connectivity index (χ2v) is 7.05. The first-order valence-electron chi connectivity index (χ1n) is 6.40. The zero-order valence-corrected chi connectivity index (χ0v) is 12.2. The van der Waals surface area contributed by atoms with Gasteiger partial charge in [-0.3, -0.25) is 0 Å². The van der Waals surface area contributed by atoms with E-state index in [1.807, 2.05) is 7.05 Å². The van der Waals surface area contributed by atoms with Crippen molar-refractivity contribution in [2.24, 2.45) is 0 Å². The van der Waals surface area contributed by atoms with Gasteiger partial charge in [0.05, 0.1) is 10.6 Å². The molecule has 7 heteroatoms. The molecule has 1 saturated heterocycles. The SMILES string of the molecule is CC1CC(Nc2ccccc2S(=O)(=O)C(F)F)CN1C. The molecule has 1 heterocycles. The summed E-state index contributed by atoms with van der Waals surface area (Å²) in [5, 5.41) is 3.08. The quantitative estimate of drug-likeness (QED) is 0.926. The van der Waals surface area contributed by atoms with Gasteiger partial charge in [-0.2, -0.15) is 8.78 Å². The van der Waals surface area contributed by atoms with Crippen LogP contribution in [0.4, 0.5) is 14.5 Å². The molecule has 0 amide bonds. The van der Waals surface area contributed by atoms with E-state index in [0.29, 0.717) is 6.04 Å². The third kappa shape index (κ3) is 2.93. The summed E-state index contributed by atoms with van der Waals surface area (Å²) in [6, 6.07) is 6.26. The second-order valence-electron chi connectivity index (χ2n) is 5.17. The van der Waals surface area contributed by atoms with Gasteiger partial charge in [0, 0.05) is 18.6 Å². The van der Waals surface area contributed by atoms with E-state index in [2.05, 4.69) is 17.1 Å². The maximum atomic E-state index is 12.7. The fraction of sp³-hybridized carbons (Fsp3) is 0.538. The lowest BCUT2D eigenvalue weighted by molar-refractivity contribution is 0.235. The van der Waals surface area contributed by atoms with E-state index in [0.717, 1.165) is 13.0 Å². The largest absolute Gasteiger partial charge is 0.380 e. The number of sulfone groups is 1. The Morgan fingerprint density at radius 1 is 1.35 bits per heavy atom. The topological polar surface area (TPSA) is 49.4 Å². The zero-order valence-electron chi connectivity index (χ0n) is 11.4. The van der Waals surface area contributed by atoms with Crippen molar-refractivity contribution in [3.63, 3.8) is 0 Å². The van der Waals surface area contributed by atoms with E-state index in [1.165, 1.54) is 18.2 Å². The molecule has 2 atom stereocenters. The van der Waals surface area contributed by atoms with Crippen LogP contribution in [-0.4, -0.2) is 44.8 Å². The van der Waals surface area contributed by atoms with Crippen LogP contribution in [0.1, 0.15) is 13.3 Å². The van der Waals surface area contributed by atoms with E-state index in [1.54, 1.807) is 6.07 Å². The molecule has 1 aliphatic heterocycles. The number of alkyl halides is 2. The maximum Gasteiger partial charge on any atom is 0.341 e. The smallest absolute Gasteiger partial charge is 0.341 e. The molecule has 1 N–H and O–H groups in total. The predicted molar refractivity (Wildman–Crippen MR) is 73.8 cm³/mol. The van der Waals surface area contributed by atoms with Crippen LogP contribution in [0.25, 0.3) is 0 Å². The monoisotopic (exact) mass is 304 g/mol. The molecule has 1 aromatic rings. The van der Waals surface area contributed by atoms with E-state index in [4.69, 9.17) is 0 Å². The predicted octanol–water partition coefficient (Wildman–Crippen LogP) is 2.19. The molecule has 0 bridgehead atoms. The lowest BCUT2D eigenvalue weighted by Crippen LogP contribution is -2.25. The van der Waals surface area contributed by atoms with Crippen LogP contribution in [0.15, 0.2) is 29.2 Å². The summed E-state index contributed by atoms with van der Waals surface area (Å²) in [7, 11) is -2.61. The number of likely N-dealkylation sites (N-methyl/N-ethyl adjacent to an activating group) is 1. The second kappa shape index (κ2) is 5.65. The van der Waals surface area contributed by atoms with Gasteiger partial charge in [-0.25, -0.2) is 8.42 Å². The lowest BCUT2D eigenvalue weighted by atomic mass is 10.2. The van der Waals surface area contributed by atoms with Crippen LogP contribution in [0, 0.1) is 0 Å². The van der Waals surface area contributed by atoms with Gasteiger partial charge < -0.3 is 10.2 Å². The van der Waals surface area contributed by atoms with E-state index < -0.39 is 15.6 Å². The van der Waals surface area contributed by atoms with E-state index in [9.17, 15) is 17.2 Å². The van der Waals surface area contributed by atoms with Crippen molar-refractivity contribution in [2.75, 3.05) is 18.9 Å². The summed E-state index contributed by atoms with van der Waals surface area (Å²) in [5.41, 5.74) is 0.250. The number of likely N-dealkylation sites (tertiary alicyclic amines) is 1. The summed E-state index contributed by atoms with van der Waals surface area (Å²) in [6.45, 7) is 2.83. The molecule has 2 rings (SSSR count). The van der Waals surface area contributed by atoms with Crippen molar-refractivity contribution in [3.8, 4) is 0 Å². The van der Waals surface area contributed by atoms with Crippen LogP contribution in [0.5, 0.6) is 0 Å². The van der Waals surface area contributed by atoms with Gasteiger partial charge in [0.25, 0.3) is 0 Å². The molecule has 1 aromatic carbocycles. The molecule has 0 spiro atoms. The third-order valence-electron chi connectivity index (χ3n) is 3.67. The highest BCUT2D eigenvalue weighted by atomic mass is 32.2. The Kier molecular flexibility index (Phi) is 4.29. The van der Waals surface area contributed by atoms with Gasteiger partial charge in [0.2, 0.25) is 9.84 Å². The molecular formula is C13H18F2N2O2S. The average molecular weight is 304 g/mol. The van der Waals surface area contributed by atoms with Gasteiger partial charge in [0.15, 0.2) is 0 Å². The Morgan fingerprint density at radius 3 is 2.55 bits per heavy atom. The first-order chi connectivity index (χ1) is 9.32. The van der Waals surface area contributed by atoms with Crippen LogP contribution >= 0.6 is 0 Å². The Morgan fingerprint density at radius 2 is 2.00 bits per heavy atom. The van der Waals surface area contributed by atoms with Crippen LogP contribution < -0.4 is 5.32 Å². The minimum absolute atomic E-state index is 0.0593. The van der Waals surface area contributed by atoms with E-state index >= 15 is 0 Å². The standard InChI is InChI=1S/C13H18F2N2O2S/c1-9-7-10(8-17(9)2)16-11-5-3-4-6-12(11)20(18,19)13(14)15/h3-6,9-10,13,16H,7-8H2,1-2H3. The molecule has 1 fully saturated rings. The zero-order chi connectivity index (χ0) is 14.9. The number of para-hydroxylation sites is 1. The number of hydrogen-bond donors (Lipinski definition) is 1. The molecule has 0 aromatic heterocycles. The highest BCUT2D eigenvalue weighted by Crippen LogP contribution is 2.28. The minimum Gasteiger partial charge on any atom is -0.380 e. The van der Waals surface area contributed by atoms with Crippen LogP contribution in [0.2, 0.25) is 0 Å². The van der Waals surface area contributed by atoms with Crippen molar-refractivity contribution in [1.82, 2.24) is 4.90 Å². The highest BCUT2D eigenvalue weighted by molar-refractivity contribution is 7.91. The first kappa shape index (κ1) is 15.2. The molecule has 4 nitrogen and oxygen atoms in total. The number of rotatable bonds is 4. The molecule has 112 valence electrons. The summed E-state index contributed by atoms with van der Waals surface area (Å²) in [5.74, 6) is -3.41. The maximum absolute atomic E-state index is 12.7. The number of benzene rings is 1. The van der Waals surface area contributed by atoms with Crippen molar-refractivity contribution in [2.45, 2.75) is 36.1 Å². The number of nitrogens with zero attached hydrogens (tertiary/aromatic N) is 1. The summed E-state index contributed by atoms with van der Waals surface area (Å²) >= 11 is 0. The number of anilines is 1. The summed E-state index contributed by atoms with van der Waals surface area (Å²) < 4.78 is 48.7. The summed E-state index contributed by atoms with van der Waals surface area (Å²) in [4.78, 5) is 1.80. The average Bonchev–Trinajstić information content (AvgIpc) is 2.68. The highest BCUT2D eigenvalue weighted by Gasteiger charge is 2.31. The normalized spacial score (nSPS) is 24.2. The van der Waals surface area contributed by atoms with Gasteiger partial charge in [-0.1, -0.05) is 12.1 Å².